The first-order valence-corrected chi connectivity index (χ1v) is 14.2. The van der Waals surface area contributed by atoms with Gasteiger partial charge in [-0.25, -0.2) is 4.79 Å². The summed E-state index contributed by atoms with van der Waals surface area (Å²) in [5.74, 6) is -1.48. The van der Waals surface area contributed by atoms with Crippen molar-refractivity contribution in [2.45, 2.75) is 94.0 Å². The second-order valence-electron chi connectivity index (χ2n) is 10.6. The van der Waals surface area contributed by atoms with E-state index in [1.165, 1.54) is 12.1 Å². The van der Waals surface area contributed by atoms with Gasteiger partial charge in [0.1, 0.15) is 42.7 Å². The van der Waals surface area contributed by atoms with E-state index in [0.717, 1.165) is 0 Å². The Morgan fingerprint density at radius 2 is 1.35 bits per heavy atom. The van der Waals surface area contributed by atoms with Crippen LogP contribution in [0.15, 0.2) is 12.1 Å². The third-order valence-corrected chi connectivity index (χ3v) is 7.38. The number of aliphatic hydroxyl groups is 7. The Hall–Kier alpha value is -2.13. The van der Waals surface area contributed by atoms with E-state index in [1.807, 2.05) is 4.90 Å². The Morgan fingerprint density at radius 1 is 0.791 bits per heavy atom. The molecule has 17 heteroatoms. The number of rotatable bonds is 16. The molecule has 43 heavy (non-hydrogen) atoms. The van der Waals surface area contributed by atoms with Crippen LogP contribution >= 0.6 is 0 Å². The molecule has 248 valence electrons. The number of aromatic nitrogens is 1. The molecule has 2 saturated heterocycles. The van der Waals surface area contributed by atoms with Gasteiger partial charge >= 0.3 is 5.97 Å². The summed E-state index contributed by atoms with van der Waals surface area (Å²) in [6.07, 6.45) is -11.4. The van der Waals surface area contributed by atoms with Gasteiger partial charge in [0.2, 0.25) is 11.8 Å². The fraction of sp³-hybridized carbons (Fsp3) is 0.808. The number of hydrogen-bond acceptors (Lipinski definition) is 16. The molecule has 0 amide bonds. The number of carbonyl (C=O) groups excluding carboxylic acids is 1. The minimum absolute atomic E-state index is 0.0172. The Kier molecular flexibility index (Phi) is 13.8. The lowest BCUT2D eigenvalue weighted by atomic mass is 9.99. The normalized spacial score (nSPS) is 33.1. The first-order valence-electron chi connectivity index (χ1n) is 14.2. The average molecular weight is 625 g/mol. The Balaban J connectivity index is 1.47. The van der Waals surface area contributed by atoms with Gasteiger partial charge in [0.05, 0.1) is 25.9 Å². The number of hydrogen-bond donors (Lipinski definition) is 9. The zero-order valence-electron chi connectivity index (χ0n) is 23.9. The molecule has 2 aliphatic heterocycles. The molecule has 3 rings (SSSR count). The molecule has 0 spiro atoms. The molecule has 3 heterocycles. The summed E-state index contributed by atoms with van der Waals surface area (Å²) in [6.45, 7) is 2.14. The fourth-order valence-corrected chi connectivity index (χ4v) is 4.71. The molecule has 9 N–H and O–H groups in total. The van der Waals surface area contributed by atoms with Gasteiger partial charge in [-0.15, -0.1) is 4.73 Å². The molecule has 1 aromatic rings. The van der Waals surface area contributed by atoms with E-state index < -0.39 is 85.7 Å². The van der Waals surface area contributed by atoms with Crippen LogP contribution in [0, 0.1) is 0 Å². The van der Waals surface area contributed by atoms with Crippen molar-refractivity contribution in [2.75, 3.05) is 39.5 Å². The second-order valence-corrected chi connectivity index (χ2v) is 10.6. The lowest BCUT2D eigenvalue weighted by Gasteiger charge is -2.40. The second kappa shape index (κ2) is 16.8. The standard InChI is InChI=1S/C26H44N2O15/c1-14-19(33)21(35)23(37)25(41-14)39-11-9-27(10-12-40-26-24(38)22(36)20(34)15(13-29)42-26)8-4-2-3-5-18(32)43-28-16(30)6-7-17(28)31/h6-7,14-15,19-26,29-31,33-38H,2-5,8-13H2,1H3. The fourth-order valence-electron chi connectivity index (χ4n) is 4.71. The maximum Gasteiger partial charge on any atom is 0.333 e. The predicted molar refractivity (Wildman–Crippen MR) is 142 cm³/mol. The smallest absolute Gasteiger partial charge is 0.333 e. The minimum atomic E-state index is -1.57. The highest BCUT2D eigenvalue weighted by Crippen LogP contribution is 2.23. The predicted octanol–water partition coefficient (Wildman–Crippen LogP) is -3.62. The van der Waals surface area contributed by atoms with Crippen LogP contribution in [0.25, 0.3) is 0 Å². The summed E-state index contributed by atoms with van der Waals surface area (Å²) in [4.78, 5) is 18.9. The SMILES string of the molecule is CC1OC(OCCN(CCCCCC(=O)On2c(O)ccc2O)CCOC2OC(CO)C(O)C(O)C2O)C(O)C(O)C1O. The van der Waals surface area contributed by atoms with Gasteiger partial charge in [-0.3, -0.25) is 4.90 Å². The van der Waals surface area contributed by atoms with Crippen LogP contribution in [0.3, 0.4) is 0 Å². The van der Waals surface area contributed by atoms with Crippen LogP contribution in [0.1, 0.15) is 32.6 Å². The van der Waals surface area contributed by atoms with E-state index in [2.05, 4.69) is 0 Å². The van der Waals surface area contributed by atoms with Gasteiger partial charge in [-0.1, -0.05) is 6.42 Å². The van der Waals surface area contributed by atoms with Gasteiger partial charge in [0.25, 0.3) is 0 Å². The maximum absolute atomic E-state index is 12.0. The minimum Gasteiger partial charge on any atom is -0.492 e. The van der Waals surface area contributed by atoms with E-state index in [-0.39, 0.29) is 19.6 Å². The van der Waals surface area contributed by atoms with Crippen LogP contribution in [-0.4, -0.2) is 162 Å². The van der Waals surface area contributed by atoms with Gasteiger partial charge in [-0.2, -0.15) is 0 Å². The summed E-state index contributed by atoms with van der Waals surface area (Å²) in [6, 6.07) is 2.35. The van der Waals surface area contributed by atoms with Gasteiger partial charge in [0, 0.05) is 31.6 Å². The Labute approximate surface area is 247 Å². The van der Waals surface area contributed by atoms with Gasteiger partial charge in [0.15, 0.2) is 12.6 Å². The van der Waals surface area contributed by atoms with Crippen molar-refractivity contribution in [1.82, 2.24) is 9.63 Å². The van der Waals surface area contributed by atoms with E-state index >= 15 is 0 Å². The van der Waals surface area contributed by atoms with Crippen molar-refractivity contribution in [1.29, 1.82) is 0 Å². The molecule has 0 bridgehead atoms. The molecule has 2 aliphatic rings. The summed E-state index contributed by atoms with van der Waals surface area (Å²) in [5, 5.41) is 88.7. The maximum atomic E-state index is 12.0. The molecule has 0 radical (unpaired) electrons. The molecule has 0 saturated carbocycles. The topological polar surface area (TPSA) is 253 Å². The number of nitrogens with zero attached hydrogens (tertiary/aromatic N) is 2. The molecule has 2 fully saturated rings. The lowest BCUT2D eigenvalue weighted by Crippen LogP contribution is -2.59. The first kappa shape index (κ1) is 35.4. The highest BCUT2D eigenvalue weighted by molar-refractivity contribution is 5.69. The van der Waals surface area contributed by atoms with Crippen molar-refractivity contribution in [3.05, 3.63) is 12.1 Å². The Morgan fingerprint density at radius 3 is 1.93 bits per heavy atom. The van der Waals surface area contributed by atoms with Crippen LogP contribution in [0.2, 0.25) is 0 Å². The molecule has 0 aliphatic carbocycles. The number of aromatic hydroxyl groups is 2. The van der Waals surface area contributed by atoms with E-state index in [9.17, 15) is 50.8 Å². The molecular formula is C26H44N2O15. The average Bonchev–Trinajstić information content (AvgIpc) is 3.30. The molecule has 17 nitrogen and oxygen atoms in total. The lowest BCUT2D eigenvalue weighted by molar-refractivity contribution is -0.301. The molecule has 0 aromatic carbocycles. The van der Waals surface area contributed by atoms with Crippen LogP contribution in [0.5, 0.6) is 11.8 Å². The molecule has 10 unspecified atom stereocenters. The summed E-state index contributed by atoms with van der Waals surface area (Å²) < 4.78 is 22.6. The molecule has 10 atom stereocenters. The monoisotopic (exact) mass is 624 g/mol. The third kappa shape index (κ3) is 9.68. The zero-order chi connectivity index (χ0) is 31.7. The van der Waals surface area contributed by atoms with Gasteiger partial charge in [-0.05, 0) is 26.3 Å². The zero-order valence-corrected chi connectivity index (χ0v) is 23.9. The number of unbranched alkanes of at least 4 members (excludes halogenated alkanes) is 2. The van der Waals surface area contributed by atoms with Crippen molar-refractivity contribution >= 4 is 5.97 Å². The first-order chi connectivity index (χ1) is 20.4. The molecular weight excluding hydrogens is 580 g/mol. The van der Waals surface area contributed by atoms with Crippen molar-refractivity contribution in [3.8, 4) is 11.8 Å². The molecule has 1 aromatic heterocycles. The Bertz CT molecular complexity index is 961. The summed E-state index contributed by atoms with van der Waals surface area (Å²) >= 11 is 0. The summed E-state index contributed by atoms with van der Waals surface area (Å²) in [7, 11) is 0. The summed E-state index contributed by atoms with van der Waals surface area (Å²) in [5.41, 5.74) is 0. The number of carbonyl (C=O) groups is 1. The van der Waals surface area contributed by atoms with E-state index in [1.54, 1.807) is 6.92 Å². The number of aliphatic hydroxyl groups excluding tert-OH is 7. The van der Waals surface area contributed by atoms with Crippen molar-refractivity contribution < 1.29 is 74.5 Å². The van der Waals surface area contributed by atoms with Crippen molar-refractivity contribution in [3.63, 3.8) is 0 Å². The van der Waals surface area contributed by atoms with Gasteiger partial charge < -0.3 is 69.7 Å². The quantitative estimate of drug-likeness (QED) is 0.0805. The van der Waals surface area contributed by atoms with Crippen LogP contribution in [0.4, 0.5) is 0 Å². The highest BCUT2D eigenvalue weighted by atomic mass is 16.7. The van der Waals surface area contributed by atoms with Crippen molar-refractivity contribution in [2.24, 2.45) is 0 Å². The third-order valence-electron chi connectivity index (χ3n) is 7.38. The van der Waals surface area contributed by atoms with E-state index in [0.29, 0.717) is 43.6 Å². The highest BCUT2D eigenvalue weighted by Gasteiger charge is 2.44. The van der Waals surface area contributed by atoms with E-state index in [4.69, 9.17) is 23.8 Å². The van der Waals surface area contributed by atoms with Crippen LogP contribution < -0.4 is 4.84 Å². The number of ether oxygens (including phenoxy) is 4. The van der Waals surface area contributed by atoms with Crippen LogP contribution in [-0.2, 0) is 23.7 Å². The largest absolute Gasteiger partial charge is 0.492 e.